The molecule has 0 heterocycles. The quantitative estimate of drug-likeness (QED) is 0.0540. The predicted molar refractivity (Wildman–Crippen MR) is 202 cm³/mol. The number of nitrogens with two attached hydrogens (primary N) is 3. The molecule has 0 aliphatic heterocycles. The lowest BCUT2D eigenvalue weighted by Gasteiger charge is -2.03. The van der Waals surface area contributed by atoms with Crippen molar-refractivity contribution >= 4 is 163 Å². The van der Waals surface area contributed by atoms with E-state index in [1.807, 2.05) is 45.2 Å². The lowest BCUT2D eigenvalue weighted by atomic mass is 10.3. The number of benzene rings is 4. The first-order valence-corrected chi connectivity index (χ1v) is 16.3. The van der Waals surface area contributed by atoms with E-state index in [9.17, 15) is 17.6 Å². The van der Waals surface area contributed by atoms with Crippen LogP contribution in [-0.4, -0.2) is 0 Å². The number of nitrogen functional groups attached to an aromatic ring is 3. The van der Waals surface area contributed by atoms with Crippen molar-refractivity contribution in [2.75, 3.05) is 17.2 Å². The van der Waals surface area contributed by atoms with E-state index >= 15 is 0 Å². The Hall–Kier alpha value is 0.240. The van der Waals surface area contributed by atoms with Crippen molar-refractivity contribution in [3.63, 3.8) is 0 Å². The standard InChI is InChI=1S/C6H3BrClFIN.C6H2BrClFI.C6H4ClFIN.C6H5ClFN.CH4.FH/c7-4-5(9)2(8)1-3(10)6(4)11;7-4-1-3(10)2-5(8)6(4)9;7-3-1-5(9)6(10)2-4(3)8;7-5-2-1-4(9)3-6(5)8;;/h1H,11H2;1-2H;1-2H,10H2;1-3H,9H2;1H4;1H. The second kappa shape index (κ2) is 21.1. The minimum atomic E-state index is -0.510. The topological polar surface area (TPSA) is 78.1 Å². The van der Waals surface area contributed by atoms with Gasteiger partial charge in [-0.05, 0) is 148 Å². The molecule has 0 amide bonds. The van der Waals surface area contributed by atoms with Crippen LogP contribution in [0.2, 0.25) is 20.1 Å². The van der Waals surface area contributed by atoms with Crippen LogP contribution >= 0.6 is 146 Å². The van der Waals surface area contributed by atoms with Crippen LogP contribution in [0.5, 0.6) is 0 Å². The normalized spacial score (nSPS) is 9.45. The number of hydrogen-bond acceptors (Lipinski definition) is 3. The molecular weight excluding hydrogens is 1120 g/mol. The first-order chi connectivity index (χ1) is 18.5. The maximum Gasteiger partial charge on any atom is 0.158 e. The van der Waals surface area contributed by atoms with Gasteiger partial charge < -0.3 is 17.2 Å². The molecule has 0 saturated heterocycles. The summed E-state index contributed by atoms with van der Waals surface area (Å²) in [5, 5.41) is 0.442. The monoisotopic (exact) mass is 1130 g/mol. The summed E-state index contributed by atoms with van der Waals surface area (Å²) in [6, 6.07) is 11.6. The molecule has 6 N–H and O–H groups in total. The van der Waals surface area contributed by atoms with Crippen LogP contribution in [0.4, 0.5) is 39.3 Å². The molecule has 4 aromatic rings. The van der Waals surface area contributed by atoms with Gasteiger partial charge in [0.1, 0.15) is 11.6 Å². The van der Waals surface area contributed by atoms with E-state index in [1.165, 1.54) is 30.3 Å². The van der Waals surface area contributed by atoms with E-state index in [0.717, 1.165) is 10.7 Å². The van der Waals surface area contributed by atoms with Crippen molar-refractivity contribution < 1.29 is 22.3 Å². The van der Waals surface area contributed by atoms with E-state index in [-0.39, 0.29) is 36.7 Å². The van der Waals surface area contributed by atoms with Gasteiger partial charge in [-0.3, -0.25) is 4.70 Å². The Kier molecular flexibility index (Phi) is 22.3. The third kappa shape index (κ3) is 14.6. The number of hydrogen-bond donors (Lipinski definition) is 3. The van der Waals surface area contributed by atoms with Crippen molar-refractivity contribution in [1.29, 1.82) is 0 Å². The first kappa shape index (κ1) is 44.4. The molecule has 0 atom stereocenters. The zero-order chi connectivity index (χ0) is 30.9. The van der Waals surface area contributed by atoms with Crippen molar-refractivity contribution in [1.82, 2.24) is 0 Å². The van der Waals surface area contributed by atoms with Gasteiger partial charge in [0.05, 0.1) is 34.7 Å². The van der Waals surface area contributed by atoms with Gasteiger partial charge in [-0.2, -0.15) is 0 Å². The van der Waals surface area contributed by atoms with Gasteiger partial charge in [0.2, 0.25) is 0 Å². The molecule has 0 fully saturated rings. The molecule has 0 aromatic heterocycles. The molecule has 0 saturated carbocycles. The van der Waals surface area contributed by atoms with Gasteiger partial charge in [0.25, 0.3) is 0 Å². The van der Waals surface area contributed by atoms with E-state index in [4.69, 9.17) is 63.6 Å². The molecule has 42 heavy (non-hydrogen) atoms. The SMILES string of the molecule is C.F.Fc1c(Cl)cc(I)cc1Br.Nc1c(I)cc(Cl)c(F)c1Br.Nc1cc(F)c(Cl)cc1I.Nc1ccc(Cl)c(F)c1. The summed E-state index contributed by atoms with van der Waals surface area (Å²) in [4.78, 5) is 0. The second-order valence-electron chi connectivity index (χ2n) is 7.03. The van der Waals surface area contributed by atoms with Gasteiger partial charge in [-0.25, -0.2) is 17.6 Å². The summed E-state index contributed by atoms with van der Waals surface area (Å²) >= 11 is 33.9. The Morgan fingerprint density at radius 2 is 1.12 bits per heavy atom. The fourth-order valence-corrected chi connectivity index (χ4v) is 7.00. The largest absolute Gasteiger partial charge is 0.399 e. The summed E-state index contributed by atoms with van der Waals surface area (Å²) in [7, 11) is 0. The van der Waals surface area contributed by atoms with E-state index in [2.05, 4.69) is 54.5 Å². The summed E-state index contributed by atoms with van der Waals surface area (Å²) in [6.45, 7) is 0. The Balaban J connectivity index is 0. The van der Waals surface area contributed by atoms with Crippen LogP contribution in [0.3, 0.4) is 0 Å². The molecule has 0 unspecified atom stereocenters. The highest BCUT2D eigenvalue weighted by atomic mass is 127. The van der Waals surface area contributed by atoms with Gasteiger partial charge in [-0.15, -0.1) is 0 Å². The molecule has 3 nitrogen and oxygen atoms in total. The van der Waals surface area contributed by atoms with Gasteiger partial charge in [0, 0.05) is 22.1 Å². The molecule has 17 heteroatoms. The molecule has 0 spiro atoms. The summed E-state index contributed by atoms with van der Waals surface area (Å²) in [6.07, 6.45) is 0. The van der Waals surface area contributed by atoms with Crippen LogP contribution in [0.15, 0.2) is 57.5 Å². The average molecular weight is 1140 g/mol. The Morgan fingerprint density at radius 1 is 0.619 bits per heavy atom. The minimum Gasteiger partial charge on any atom is -0.399 e. The third-order valence-corrected chi connectivity index (χ3v) is 9.03. The van der Waals surface area contributed by atoms with Crippen molar-refractivity contribution in [2.24, 2.45) is 0 Å². The van der Waals surface area contributed by atoms with Crippen LogP contribution in [-0.2, 0) is 0 Å². The van der Waals surface area contributed by atoms with Crippen LogP contribution in [0.1, 0.15) is 7.43 Å². The van der Waals surface area contributed by atoms with Crippen molar-refractivity contribution in [3.05, 3.63) is 112 Å². The molecule has 4 aromatic carbocycles. The minimum absolute atomic E-state index is 0. The molecule has 0 radical (unpaired) electrons. The van der Waals surface area contributed by atoms with Crippen molar-refractivity contribution in [2.45, 2.75) is 7.43 Å². The van der Waals surface area contributed by atoms with Crippen LogP contribution in [0, 0.1) is 34.0 Å². The molecule has 0 aliphatic rings. The molecule has 232 valence electrons. The molecular formula is C25H19Br2Cl4F5I3N3. The predicted octanol–water partition coefficient (Wildman–Crippen LogP) is 12.8. The Bertz CT molecular complexity index is 1410. The van der Waals surface area contributed by atoms with Gasteiger partial charge in [-0.1, -0.05) is 53.8 Å². The maximum atomic E-state index is 12.9. The fourth-order valence-electron chi connectivity index (χ4n) is 2.16. The third-order valence-electron chi connectivity index (χ3n) is 4.08. The first-order valence-electron chi connectivity index (χ1n) is 9.95. The van der Waals surface area contributed by atoms with Crippen LogP contribution in [0.25, 0.3) is 0 Å². The summed E-state index contributed by atoms with van der Waals surface area (Å²) < 4.78 is 53.6. The van der Waals surface area contributed by atoms with E-state index < -0.39 is 23.3 Å². The molecule has 0 aliphatic carbocycles. The number of halogens is 14. The molecule has 0 bridgehead atoms. The van der Waals surface area contributed by atoms with Crippen molar-refractivity contribution in [3.8, 4) is 0 Å². The highest BCUT2D eigenvalue weighted by molar-refractivity contribution is 14.1. The zero-order valence-electron chi connectivity index (χ0n) is 19.7. The zero-order valence-corrected chi connectivity index (χ0v) is 32.3. The lowest BCUT2D eigenvalue weighted by molar-refractivity contribution is 0.621. The Morgan fingerprint density at radius 3 is 1.60 bits per heavy atom. The number of anilines is 3. The highest BCUT2D eigenvalue weighted by Crippen LogP contribution is 2.32. The Labute approximate surface area is 317 Å². The van der Waals surface area contributed by atoms with E-state index in [0.29, 0.717) is 21.5 Å². The summed E-state index contributed by atoms with van der Waals surface area (Å²) in [5.74, 6) is -1.86. The van der Waals surface area contributed by atoms with Crippen LogP contribution < -0.4 is 17.2 Å². The smallest absolute Gasteiger partial charge is 0.158 e. The molecule has 4 rings (SSSR count). The van der Waals surface area contributed by atoms with Gasteiger partial charge >= 0.3 is 0 Å². The van der Waals surface area contributed by atoms with E-state index in [1.54, 1.807) is 18.2 Å². The fraction of sp³-hybridized carbons (Fsp3) is 0.0400. The van der Waals surface area contributed by atoms with Gasteiger partial charge in [0.15, 0.2) is 11.6 Å². The second-order valence-corrected chi connectivity index (χ2v) is 13.9. The average Bonchev–Trinajstić information content (AvgIpc) is 2.87. The summed E-state index contributed by atoms with van der Waals surface area (Å²) in [5.41, 5.74) is 17.3. The lowest BCUT2D eigenvalue weighted by Crippen LogP contribution is -1.94. The highest BCUT2D eigenvalue weighted by Gasteiger charge is 2.11. The maximum absolute atomic E-state index is 12.9. The number of rotatable bonds is 0.